The van der Waals surface area contributed by atoms with Crippen LogP contribution < -0.4 is 16.0 Å². The van der Waals surface area contributed by atoms with Gasteiger partial charge in [-0.1, -0.05) is 51.1 Å². The Labute approximate surface area is 287 Å². The van der Waals surface area contributed by atoms with Gasteiger partial charge in [0.2, 0.25) is 11.8 Å². The second kappa shape index (κ2) is 15.3. The third-order valence-corrected chi connectivity index (χ3v) is 9.47. The fourth-order valence-corrected chi connectivity index (χ4v) is 6.50. The number of nitrogens with zero attached hydrogens (tertiary/aromatic N) is 4. The van der Waals surface area contributed by atoms with Gasteiger partial charge in [0.25, 0.3) is 11.8 Å². The molecule has 4 atom stereocenters. The fourth-order valence-electron chi connectivity index (χ4n) is 6.50. The minimum atomic E-state index is -0.860. The van der Waals surface area contributed by atoms with Gasteiger partial charge in [0, 0.05) is 50.4 Å². The normalized spacial score (nSPS) is 18.4. The van der Waals surface area contributed by atoms with Crippen LogP contribution in [0.3, 0.4) is 0 Å². The first-order valence-corrected chi connectivity index (χ1v) is 17.1. The number of hydrogen-bond acceptors (Lipinski definition) is 6. The van der Waals surface area contributed by atoms with Gasteiger partial charge in [0.05, 0.1) is 12.1 Å². The molecule has 11 nitrogen and oxygen atoms in total. The Hall–Kier alpha value is -4.58. The smallest absolute Gasteiger partial charge is 0.274 e. The summed E-state index contributed by atoms with van der Waals surface area (Å²) in [5.74, 6) is -0.544. The Balaban J connectivity index is 1.44. The van der Waals surface area contributed by atoms with Crippen molar-refractivity contribution in [1.29, 1.82) is 0 Å². The van der Waals surface area contributed by atoms with E-state index in [1.165, 1.54) is 12.1 Å². The van der Waals surface area contributed by atoms with E-state index in [2.05, 4.69) is 20.9 Å². The van der Waals surface area contributed by atoms with Crippen molar-refractivity contribution in [2.24, 2.45) is 5.41 Å². The molecule has 0 saturated carbocycles. The van der Waals surface area contributed by atoms with Gasteiger partial charge >= 0.3 is 0 Å². The molecule has 4 amide bonds. The Morgan fingerprint density at radius 3 is 2.43 bits per heavy atom. The molecule has 5 rings (SSSR count). The summed E-state index contributed by atoms with van der Waals surface area (Å²) in [5.41, 5.74) is 1.09. The summed E-state index contributed by atoms with van der Waals surface area (Å²) in [4.78, 5) is 63.0. The zero-order valence-corrected chi connectivity index (χ0v) is 29.0. The van der Waals surface area contributed by atoms with E-state index in [4.69, 9.17) is 0 Å². The van der Waals surface area contributed by atoms with Crippen LogP contribution in [0.15, 0.2) is 60.8 Å². The average Bonchev–Trinajstić information content (AvgIpc) is 3.81. The molecule has 1 fully saturated rings. The molecule has 3 aromatic rings. The summed E-state index contributed by atoms with van der Waals surface area (Å²) in [6, 6.07) is 12.9. The Morgan fingerprint density at radius 1 is 1.06 bits per heavy atom. The minimum absolute atomic E-state index is 0.184. The number of hydrogen-bond donors (Lipinski definition) is 3. The Kier molecular flexibility index (Phi) is 11.2. The average molecular weight is 674 g/mol. The van der Waals surface area contributed by atoms with Crippen LogP contribution in [0.1, 0.15) is 72.8 Å². The lowest BCUT2D eigenvalue weighted by Crippen LogP contribution is -2.59. The lowest BCUT2D eigenvalue weighted by molar-refractivity contribution is -0.140. The number of carbonyl (C=O) groups is 4. The molecule has 1 aromatic heterocycles. The first-order valence-electron chi connectivity index (χ1n) is 17.1. The van der Waals surface area contributed by atoms with Crippen molar-refractivity contribution in [1.82, 2.24) is 35.3 Å². The van der Waals surface area contributed by atoms with Gasteiger partial charge < -0.3 is 30.3 Å². The third kappa shape index (κ3) is 8.72. The molecule has 2 aromatic carbocycles. The Bertz CT molecular complexity index is 1610. The highest BCUT2D eigenvalue weighted by Gasteiger charge is 2.44. The molecule has 49 heavy (non-hydrogen) atoms. The molecule has 0 spiro atoms. The summed E-state index contributed by atoms with van der Waals surface area (Å²) in [6.45, 7) is 8.94. The number of carbonyl (C=O) groups excluding carboxylic acids is 4. The molecule has 1 saturated heterocycles. The van der Waals surface area contributed by atoms with Crippen LogP contribution in [0.25, 0.3) is 0 Å². The van der Waals surface area contributed by atoms with Crippen molar-refractivity contribution in [2.75, 3.05) is 26.7 Å². The first kappa shape index (κ1) is 35.7. The molecule has 2 aliphatic heterocycles. The number of benzene rings is 2. The third-order valence-electron chi connectivity index (χ3n) is 9.47. The standard InChI is InChI=1S/C37H48FN7O4/c1-24(39-5)33(46)42-32(37(2,3)4)36(49)45-21-28(40-34(47)26-10-7-6-8-11-26)20-29(45)22-44(19-17-25-13-15-27(38)16-14-25)35(48)30-23-43-18-9-12-31(43)41-30/h6-8,10-11,13-16,23-24,28-29,32,39H,9,12,17-22H2,1-5H3,(H,40,47)(H,42,46)/t24-,28-,29-,32+/m0/s1. The molecule has 2 aliphatic rings. The van der Waals surface area contributed by atoms with Gasteiger partial charge in [-0.05, 0) is 68.5 Å². The van der Waals surface area contributed by atoms with Crippen molar-refractivity contribution in [3.05, 3.63) is 89.3 Å². The lowest BCUT2D eigenvalue weighted by atomic mass is 9.85. The topological polar surface area (TPSA) is 129 Å². The van der Waals surface area contributed by atoms with E-state index in [1.54, 1.807) is 66.4 Å². The number of likely N-dealkylation sites (N-methyl/N-ethyl adjacent to an activating group) is 1. The van der Waals surface area contributed by atoms with Crippen molar-refractivity contribution in [3.8, 4) is 0 Å². The van der Waals surface area contributed by atoms with Gasteiger partial charge in [0.1, 0.15) is 23.4 Å². The van der Waals surface area contributed by atoms with Gasteiger partial charge in [-0.25, -0.2) is 9.37 Å². The van der Waals surface area contributed by atoms with E-state index in [1.807, 2.05) is 31.4 Å². The summed E-state index contributed by atoms with van der Waals surface area (Å²) in [5, 5.41) is 8.98. The van der Waals surface area contributed by atoms with E-state index >= 15 is 0 Å². The number of aromatic nitrogens is 2. The summed E-state index contributed by atoms with van der Waals surface area (Å²) in [6.07, 6.45) is 4.46. The number of fused-ring (bicyclic) bond motifs is 1. The lowest BCUT2D eigenvalue weighted by Gasteiger charge is -2.37. The van der Waals surface area contributed by atoms with Crippen molar-refractivity contribution in [2.45, 2.75) is 84.1 Å². The van der Waals surface area contributed by atoms with Gasteiger partial charge in [-0.2, -0.15) is 0 Å². The van der Waals surface area contributed by atoms with Gasteiger partial charge in [-0.3, -0.25) is 19.2 Å². The highest BCUT2D eigenvalue weighted by atomic mass is 19.1. The molecule has 3 heterocycles. The maximum atomic E-state index is 14.5. The quantitative estimate of drug-likeness (QED) is 0.271. The second-order valence-electron chi connectivity index (χ2n) is 14.2. The predicted octanol–water partition coefficient (Wildman–Crippen LogP) is 3.19. The molecular weight excluding hydrogens is 625 g/mol. The molecule has 0 bridgehead atoms. The Morgan fingerprint density at radius 2 is 1.78 bits per heavy atom. The number of nitrogens with one attached hydrogen (secondary N) is 3. The number of halogens is 1. The molecule has 0 unspecified atom stereocenters. The SMILES string of the molecule is CN[C@@H](C)C(=O)N[C@H](C(=O)N1C[C@@H](NC(=O)c2ccccc2)C[C@H]1CN(CCc1ccc(F)cc1)C(=O)c1cn2c(n1)CCC2)C(C)(C)C. The van der Waals surface area contributed by atoms with E-state index in [0.29, 0.717) is 30.6 Å². The number of aryl methyl sites for hydroxylation is 2. The second-order valence-corrected chi connectivity index (χ2v) is 14.2. The highest BCUT2D eigenvalue weighted by molar-refractivity contribution is 5.95. The van der Waals surface area contributed by atoms with Crippen LogP contribution in [0, 0.1) is 11.2 Å². The predicted molar refractivity (Wildman–Crippen MR) is 184 cm³/mol. The van der Waals surface area contributed by atoms with Gasteiger partial charge in [0.15, 0.2) is 0 Å². The van der Waals surface area contributed by atoms with Crippen molar-refractivity contribution >= 4 is 23.6 Å². The highest BCUT2D eigenvalue weighted by Crippen LogP contribution is 2.28. The number of rotatable bonds is 12. The van der Waals surface area contributed by atoms with Crippen LogP contribution in [-0.2, 0) is 29.0 Å². The molecule has 3 N–H and O–H groups in total. The molecule has 12 heteroatoms. The number of likely N-dealkylation sites (tertiary alicyclic amines) is 1. The summed E-state index contributed by atoms with van der Waals surface area (Å²) >= 11 is 0. The van der Waals surface area contributed by atoms with Crippen LogP contribution in [-0.4, -0.2) is 93.8 Å². The number of imidazole rings is 1. The summed E-state index contributed by atoms with van der Waals surface area (Å²) < 4.78 is 15.7. The maximum absolute atomic E-state index is 14.5. The largest absolute Gasteiger partial charge is 0.347 e. The van der Waals surface area contributed by atoms with Crippen molar-refractivity contribution in [3.63, 3.8) is 0 Å². The van der Waals surface area contributed by atoms with Crippen LogP contribution >= 0.6 is 0 Å². The van der Waals surface area contributed by atoms with Crippen LogP contribution in [0.5, 0.6) is 0 Å². The minimum Gasteiger partial charge on any atom is -0.347 e. The first-order chi connectivity index (χ1) is 23.3. The fraction of sp³-hybridized carbons (Fsp3) is 0.486. The molecular formula is C37H48FN7O4. The summed E-state index contributed by atoms with van der Waals surface area (Å²) in [7, 11) is 1.68. The van der Waals surface area contributed by atoms with E-state index in [0.717, 1.165) is 30.8 Å². The molecule has 0 aliphatic carbocycles. The van der Waals surface area contributed by atoms with Crippen LogP contribution in [0.2, 0.25) is 0 Å². The zero-order chi connectivity index (χ0) is 35.3. The zero-order valence-electron chi connectivity index (χ0n) is 29.0. The molecule has 262 valence electrons. The van der Waals surface area contributed by atoms with E-state index in [-0.39, 0.29) is 48.6 Å². The number of amides is 4. The van der Waals surface area contributed by atoms with Crippen molar-refractivity contribution < 1.29 is 23.6 Å². The van der Waals surface area contributed by atoms with E-state index in [9.17, 15) is 23.6 Å². The van der Waals surface area contributed by atoms with Gasteiger partial charge in [-0.15, -0.1) is 0 Å². The van der Waals surface area contributed by atoms with Crippen LogP contribution in [0.4, 0.5) is 4.39 Å². The molecule has 0 radical (unpaired) electrons. The van der Waals surface area contributed by atoms with E-state index < -0.39 is 23.5 Å². The monoisotopic (exact) mass is 673 g/mol. The maximum Gasteiger partial charge on any atom is 0.274 e.